The standard InChI is InChI=1S/C16H25N3O2/c1-18-16(20)14-5-3-4-8-19(14)11-12-6-7-15(21-2)13(9-12)10-17/h6-7,9,14H,3-5,8,10-11,17H2,1-2H3,(H,18,20). The third-order valence-electron chi connectivity index (χ3n) is 4.11. The lowest BCUT2D eigenvalue weighted by atomic mass is 10.00. The number of rotatable bonds is 5. The molecule has 3 N–H and O–H groups in total. The molecule has 1 amide bonds. The van der Waals surface area contributed by atoms with Gasteiger partial charge in [-0.15, -0.1) is 0 Å². The number of carbonyl (C=O) groups is 1. The Labute approximate surface area is 126 Å². The Morgan fingerprint density at radius 1 is 1.48 bits per heavy atom. The zero-order chi connectivity index (χ0) is 15.2. The number of likely N-dealkylation sites (tertiary alicyclic amines) is 1. The molecule has 1 fully saturated rings. The molecule has 0 saturated carbocycles. The molecule has 1 aromatic carbocycles. The topological polar surface area (TPSA) is 67.6 Å². The molecule has 1 unspecified atom stereocenters. The van der Waals surface area contributed by atoms with E-state index in [1.54, 1.807) is 14.2 Å². The number of nitrogens with two attached hydrogens (primary N) is 1. The van der Waals surface area contributed by atoms with Crippen molar-refractivity contribution >= 4 is 5.91 Å². The van der Waals surface area contributed by atoms with Crippen LogP contribution in [0.3, 0.4) is 0 Å². The average Bonchev–Trinajstić information content (AvgIpc) is 2.54. The molecule has 1 aromatic rings. The Bertz CT molecular complexity index is 490. The van der Waals surface area contributed by atoms with Gasteiger partial charge in [-0.3, -0.25) is 9.69 Å². The van der Waals surface area contributed by atoms with Gasteiger partial charge in [0.25, 0.3) is 0 Å². The molecule has 0 spiro atoms. The summed E-state index contributed by atoms with van der Waals surface area (Å²) in [6, 6.07) is 6.06. The maximum absolute atomic E-state index is 12.0. The molecule has 116 valence electrons. The molecule has 1 aliphatic rings. The monoisotopic (exact) mass is 291 g/mol. The Balaban J connectivity index is 2.13. The molecule has 21 heavy (non-hydrogen) atoms. The zero-order valence-corrected chi connectivity index (χ0v) is 12.9. The minimum Gasteiger partial charge on any atom is -0.496 e. The normalized spacial score (nSPS) is 19.3. The van der Waals surface area contributed by atoms with E-state index in [1.807, 2.05) is 12.1 Å². The number of carbonyl (C=O) groups excluding carboxylic acids is 1. The van der Waals surface area contributed by atoms with Crippen LogP contribution in [-0.2, 0) is 17.9 Å². The number of hydrogen-bond acceptors (Lipinski definition) is 4. The largest absolute Gasteiger partial charge is 0.496 e. The summed E-state index contributed by atoms with van der Waals surface area (Å²) in [4.78, 5) is 14.3. The molecule has 0 radical (unpaired) electrons. The number of hydrogen-bond donors (Lipinski definition) is 2. The third kappa shape index (κ3) is 3.74. The first kappa shape index (κ1) is 15.8. The smallest absolute Gasteiger partial charge is 0.237 e. The van der Waals surface area contributed by atoms with E-state index >= 15 is 0 Å². The lowest BCUT2D eigenvalue weighted by molar-refractivity contribution is -0.127. The quantitative estimate of drug-likeness (QED) is 0.857. The summed E-state index contributed by atoms with van der Waals surface area (Å²) in [7, 11) is 3.36. The molecule has 5 nitrogen and oxygen atoms in total. The van der Waals surface area contributed by atoms with E-state index in [4.69, 9.17) is 10.5 Å². The molecule has 1 saturated heterocycles. The van der Waals surface area contributed by atoms with E-state index in [-0.39, 0.29) is 11.9 Å². The minimum absolute atomic E-state index is 0.0211. The maximum Gasteiger partial charge on any atom is 0.237 e. The SMILES string of the molecule is CNC(=O)C1CCCCN1Cc1ccc(OC)c(CN)c1. The number of methoxy groups -OCH3 is 1. The van der Waals surface area contributed by atoms with E-state index < -0.39 is 0 Å². The predicted molar refractivity (Wildman–Crippen MR) is 83.0 cm³/mol. The fourth-order valence-electron chi connectivity index (χ4n) is 2.97. The van der Waals surface area contributed by atoms with Crippen LogP contribution >= 0.6 is 0 Å². The van der Waals surface area contributed by atoms with Crippen LogP contribution in [0.25, 0.3) is 0 Å². The molecule has 0 bridgehead atoms. The van der Waals surface area contributed by atoms with Gasteiger partial charge in [0.1, 0.15) is 5.75 Å². The van der Waals surface area contributed by atoms with Crippen LogP contribution in [0.5, 0.6) is 5.75 Å². The molecule has 5 heteroatoms. The van der Waals surface area contributed by atoms with Crippen molar-refractivity contribution in [2.24, 2.45) is 5.73 Å². The predicted octanol–water partition coefficient (Wildman–Crippen LogP) is 1.25. The summed E-state index contributed by atoms with van der Waals surface area (Å²) in [6.45, 7) is 2.19. The van der Waals surface area contributed by atoms with Crippen LogP contribution in [0.1, 0.15) is 30.4 Å². The second kappa shape index (κ2) is 7.43. The van der Waals surface area contributed by atoms with Crippen LogP contribution < -0.4 is 15.8 Å². The van der Waals surface area contributed by atoms with Crippen molar-refractivity contribution in [1.29, 1.82) is 0 Å². The first-order valence-electron chi connectivity index (χ1n) is 7.51. The van der Waals surface area contributed by atoms with Gasteiger partial charge >= 0.3 is 0 Å². The van der Waals surface area contributed by atoms with Gasteiger partial charge < -0.3 is 15.8 Å². The average molecular weight is 291 g/mol. The molecule has 1 atom stereocenters. The Morgan fingerprint density at radius 2 is 2.29 bits per heavy atom. The van der Waals surface area contributed by atoms with E-state index in [0.717, 1.165) is 43.7 Å². The van der Waals surface area contributed by atoms with Gasteiger partial charge in [-0.1, -0.05) is 12.5 Å². The van der Waals surface area contributed by atoms with Crippen molar-refractivity contribution in [3.8, 4) is 5.75 Å². The van der Waals surface area contributed by atoms with E-state index in [0.29, 0.717) is 6.54 Å². The number of nitrogens with one attached hydrogen (secondary N) is 1. The van der Waals surface area contributed by atoms with Gasteiger partial charge in [0.05, 0.1) is 13.2 Å². The molecular weight excluding hydrogens is 266 g/mol. The highest BCUT2D eigenvalue weighted by molar-refractivity contribution is 5.81. The highest BCUT2D eigenvalue weighted by Gasteiger charge is 2.27. The van der Waals surface area contributed by atoms with Crippen LogP contribution in [0.2, 0.25) is 0 Å². The second-order valence-electron chi connectivity index (χ2n) is 5.45. The fraction of sp³-hybridized carbons (Fsp3) is 0.562. The van der Waals surface area contributed by atoms with Crippen molar-refractivity contribution in [3.05, 3.63) is 29.3 Å². The van der Waals surface area contributed by atoms with Crippen molar-refractivity contribution in [2.75, 3.05) is 20.7 Å². The zero-order valence-electron chi connectivity index (χ0n) is 12.9. The van der Waals surface area contributed by atoms with E-state index in [1.165, 1.54) is 5.56 Å². The number of likely N-dealkylation sites (N-methyl/N-ethyl adjacent to an activating group) is 1. The summed E-state index contributed by atoms with van der Waals surface area (Å²) >= 11 is 0. The first-order chi connectivity index (χ1) is 10.2. The van der Waals surface area contributed by atoms with Crippen LogP contribution in [0.15, 0.2) is 18.2 Å². The first-order valence-corrected chi connectivity index (χ1v) is 7.51. The molecule has 2 rings (SSSR count). The molecular formula is C16H25N3O2. The number of nitrogens with zero attached hydrogens (tertiary/aromatic N) is 1. The molecule has 1 heterocycles. The van der Waals surface area contributed by atoms with E-state index in [2.05, 4.69) is 16.3 Å². The van der Waals surface area contributed by atoms with E-state index in [9.17, 15) is 4.79 Å². The van der Waals surface area contributed by atoms with Gasteiger partial charge in [0, 0.05) is 25.7 Å². The van der Waals surface area contributed by atoms with Gasteiger partial charge in [0.2, 0.25) is 5.91 Å². The summed E-state index contributed by atoms with van der Waals surface area (Å²) in [5.41, 5.74) is 7.94. The maximum atomic E-state index is 12.0. The number of piperidine rings is 1. The molecule has 0 aromatic heterocycles. The van der Waals surface area contributed by atoms with Crippen LogP contribution in [-0.4, -0.2) is 37.6 Å². The number of benzene rings is 1. The van der Waals surface area contributed by atoms with Gasteiger partial charge in [-0.25, -0.2) is 0 Å². The van der Waals surface area contributed by atoms with Gasteiger partial charge in [-0.05, 0) is 37.1 Å². The second-order valence-corrected chi connectivity index (χ2v) is 5.45. The van der Waals surface area contributed by atoms with Crippen molar-refractivity contribution in [1.82, 2.24) is 10.2 Å². The highest BCUT2D eigenvalue weighted by atomic mass is 16.5. The fourth-order valence-corrected chi connectivity index (χ4v) is 2.97. The van der Waals surface area contributed by atoms with Gasteiger partial charge in [0.15, 0.2) is 0 Å². The number of amides is 1. The Morgan fingerprint density at radius 3 is 2.95 bits per heavy atom. The minimum atomic E-state index is -0.0211. The molecule has 0 aliphatic carbocycles. The summed E-state index contributed by atoms with van der Waals surface area (Å²) in [5.74, 6) is 0.935. The Kier molecular flexibility index (Phi) is 5.59. The molecule has 1 aliphatic heterocycles. The van der Waals surface area contributed by atoms with Crippen LogP contribution in [0, 0.1) is 0 Å². The summed E-state index contributed by atoms with van der Waals surface area (Å²) < 4.78 is 5.30. The van der Waals surface area contributed by atoms with Crippen LogP contribution in [0.4, 0.5) is 0 Å². The highest BCUT2D eigenvalue weighted by Crippen LogP contribution is 2.23. The lowest BCUT2D eigenvalue weighted by Gasteiger charge is -2.34. The van der Waals surface area contributed by atoms with Crippen molar-refractivity contribution in [3.63, 3.8) is 0 Å². The Hall–Kier alpha value is -1.59. The van der Waals surface area contributed by atoms with Crippen molar-refractivity contribution < 1.29 is 9.53 Å². The van der Waals surface area contributed by atoms with Gasteiger partial charge in [-0.2, -0.15) is 0 Å². The summed E-state index contributed by atoms with van der Waals surface area (Å²) in [5, 5.41) is 2.77. The lowest BCUT2D eigenvalue weighted by Crippen LogP contribution is -2.48. The summed E-state index contributed by atoms with van der Waals surface area (Å²) in [6.07, 6.45) is 3.19. The number of ether oxygens (including phenoxy) is 1. The third-order valence-corrected chi connectivity index (χ3v) is 4.11. The van der Waals surface area contributed by atoms with Crippen molar-refractivity contribution in [2.45, 2.75) is 38.4 Å².